The number of carbonyl (C=O) groups excluding carboxylic acids is 1. The Balaban J connectivity index is 1.40. The van der Waals surface area contributed by atoms with Crippen molar-refractivity contribution in [1.82, 2.24) is 14.7 Å². The second-order valence-corrected chi connectivity index (χ2v) is 10.1. The number of carbonyl (C=O) groups is 1. The average Bonchev–Trinajstić information content (AvgIpc) is 3.24. The first kappa shape index (κ1) is 22.9. The molecule has 32 heavy (non-hydrogen) atoms. The van der Waals surface area contributed by atoms with E-state index in [0.29, 0.717) is 11.7 Å². The van der Waals surface area contributed by atoms with Crippen molar-refractivity contribution < 1.29 is 14.6 Å². The van der Waals surface area contributed by atoms with Crippen LogP contribution in [-0.4, -0.2) is 71.6 Å². The van der Waals surface area contributed by atoms with Crippen molar-refractivity contribution in [2.45, 2.75) is 51.7 Å². The maximum Gasteiger partial charge on any atom is 0.254 e. The summed E-state index contributed by atoms with van der Waals surface area (Å²) in [6, 6.07) is 6.22. The van der Waals surface area contributed by atoms with Gasteiger partial charge in [-0.15, -0.1) is 0 Å². The van der Waals surface area contributed by atoms with Gasteiger partial charge in [-0.2, -0.15) is 0 Å². The molecule has 4 rings (SSSR count). The molecule has 6 heteroatoms. The van der Waals surface area contributed by atoms with Gasteiger partial charge in [0.1, 0.15) is 5.76 Å². The lowest BCUT2D eigenvalue weighted by Crippen LogP contribution is -2.47. The highest BCUT2D eigenvalue weighted by molar-refractivity contribution is 5.96. The Morgan fingerprint density at radius 2 is 1.94 bits per heavy atom. The number of methoxy groups -OCH3 is 1. The van der Waals surface area contributed by atoms with E-state index in [1.807, 2.05) is 17.0 Å². The maximum atomic E-state index is 13.3. The highest BCUT2D eigenvalue weighted by Crippen LogP contribution is 2.36. The zero-order valence-corrected chi connectivity index (χ0v) is 19.9. The van der Waals surface area contributed by atoms with E-state index in [2.05, 4.69) is 42.8 Å². The third-order valence-corrected chi connectivity index (χ3v) is 7.49. The first-order chi connectivity index (χ1) is 15.3. The molecular weight excluding hydrogens is 402 g/mol. The van der Waals surface area contributed by atoms with Crippen LogP contribution in [0.25, 0.3) is 0 Å². The number of fused-ring (bicyclic) bond motifs is 1. The molecule has 1 unspecified atom stereocenters. The molecule has 1 aromatic carbocycles. The van der Waals surface area contributed by atoms with Gasteiger partial charge in [0.05, 0.1) is 7.11 Å². The number of ether oxygens (including phenoxy) is 1. The average molecular weight is 440 g/mol. The number of allylic oxidation sites excluding steroid dienone is 3. The Labute approximate surface area is 192 Å². The van der Waals surface area contributed by atoms with Crippen molar-refractivity contribution in [2.24, 2.45) is 5.92 Å². The predicted molar refractivity (Wildman–Crippen MR) is 126 cm³/mol. The zero-order valence-electron chi connectivity index (χ0n) is 19.9. The number of benzene rings is 1. The van der Waals surface area contributed by atoms with E-state index in [0.717, 1.165) is 64.1 Å². The fraction of sp³-hybridized carbons (Fsp3) is 0.577. The Kier molecular flexibility index (Phi) is 6.63. The quantitative estimate of drug-likeness (QED) is 0.728. The molecule has 3 aliphatic rings. The van der Waals surface area contributed by atoms with Crippen molar-refractivity contribution in [1.29, 1.82) is 0 Å². The van der Waals surface area contributed by atoms with Gasteiger partial charge in [0.15, 0.2) is 5.76 Å². The highest BCUT2D eigenvalue weighted by atomic mass is 16.5. The minimum absolute atomic E-state index is 0.0114. The number of rotatable bonds is 6. The lowest BCUT2D eigenvalue weighted by atomic mass is 9.87. The summed E-state index contributed by atoms with van der Waals surface area (Å²) in [6.45, 7) is 9.79. The zero-order chi connectivity index (χ0) is 22.9. The van der Waals surface area contributed by atoms with E-state index in [1.165, 1.54) is 11.1 Å². The van der Waals surface area contributed by atoms with Crippen molar-refractivity contribution in [2.75, 3.05) is 40.3 Å². The molecule has 2 heterocycles. The van der Waals surface area contributed by atoms with Gasteiger partial charge in [-0.3, -0.25) is 9.69 Å². The molecule has 1 atom stereocenters. The van der Waals surface area contributed by atoms with E-state index in [9.17, 15) is 9.90 Å². The number of likely N-dealkylation sites (N-methyl/N-ethyl adjacent to an activating group) is 1. The Morgan fingerprint density at radius 3 is 2.66 bits per heavy atom. The molecule has 6 nitrogen and oxygen atoms in total. The molecule has 0 bridgehead atoms. The van der Waals surface area contributed by atoms with E-state index >= 15 is 0 Å². The number of nitrogens with zero attached hydrogens (tertiary/aromatic N) is 3. The second-order valence-electron chi connectivity index (χ2n) is 10.1. The monoisotopic (exact) mass is 439 g/mol. The summed E-state index contributed by atoms with van der Waals surface area (Å²) < 4.78 is 5.33. The number of piperazine rings is 1. The van der Waals surface area contributed by atoms with Crippen LogP contribution in [0, 0.1) is 5.92 Å². The minimum Gasteiger partial charge on any atom is -0.505 e. The van der Waals surface area contributed by atoms with Crippen LogP contribution in [-0.2, 0) is 17.8 Å². The Bertz CT molecular complexity index is 913. The van der Waals surface area contributed by atoms with E-state index in [1.54, 1.807) is 13.2 Å². The maximum absolute atomic E-state index is 13.3. The summed E-state index contributed by atoms with van der Waals surface area (Å²) >= 11 is 0. The largest absolute Gasteiger partial charge is 0.505 e. The fourth-order valence-electron chi connectivity index (χ4n) is 5.04. The third-order valence-electron chi connectivity index (χ3n) is 7.49. The van der Waals surface area contributed by atoms with Crippen LogP contribution < -0.4 is 0 Å². The van der Waals surface area contributed by atoms with Crippen molar-refractivity contribution in [3.05, 3.63) is 58.6 Å². The molecule has 1 amide bonds. The van der Waals surface area contributed by atoms with Gasteiger partial charge in [0.25, 0.3) is 5.91 Å². The molecule has 0 saturated carbocycles. The molecule has 174 valence electrons. The van der Waals surface area contributed by atoms with E-state index in [-0.39, 0.29) is 17.2 Å². The molecular formula is C26H37N3O3. The van der Waals surface area contributed by atoms with Crippen LogP contribution >= 0.6 is 0 Å². The van der Waals surface area contributed by atoms with Crippen LogP contribution in [0.2, 0.25) is 0 Å². The molecule has 0 spiro atoms. The van der Waals surface area contributed by atoms with Crippen LogP contribution in [0.3, 0.4) is 0 Å². The topological polar surface area (TPSA) is 56.3 Å². The fourth-order valence-corrected chi connectivity index (χ4v) is 5.04. The van der Waals surface area contributed by atoms with Gasteiger partial charge in [-0.05, 0) is 62.9 Å². The third kappa shape index (κ3) is 4.71. The molecule has 1 aliphatic carbocycles. The summed E-state index contributed by atoms with van der Waals surface area (Å²) in [5, 5.41) is 9.89. The lowest BCUT2D eigenvalue weighted by molar-refractivity contribution is 0.0659. The standard InChI is InChI=1S/C26H37N3O3/c1-26(2,11-10-19-8-9-23(30)24(16-19)32-4)29-17-20-6-5-7-21(22(20)18-29)25(31)28-14-12-27(3)13-15-28/h5-9,19,30H,10-18H2,1-4H3. The van der Waals surface area contributed by atoms with Crippen LogP contribution in [0.1, 0.15) is 54.6 Å². The number of aliphatic hydroxyl groups is 1. The normalized spacial score (nSPS) is 22.4. The van der Waals surface area contributed by atoms with E-state index < -0.39 is 0 Å². The van der Waals surface area contributed by atoms with Gasteiger partial charge >= 0.3 is 0 Å². The summed E-state index contributed by atoms with van der Waals surface area (Å²) in [7, 11) is 3.73. The van der Waals surface area contributed by atoms with Gasteiger partial charge in [-0.1, -0.05) is 18.2 Å². The smallest absolute Gasteiger partial charge is 0.254 e. The Hall–Kier alpha value is -2.31. The van der Waals surface area contributed by atoms with Crippen LogP contribution in [0.15, 0.2) is 41.9 Å². The molecule has 1 aromatic rings. The number of hydrogen-bond acceptors (Lipinski definition) is 5. The molecule has 1 saturated heterocycles. The first-order valence-electron chi connectivity index (χ1n) is 11.8. The van der Waals surface area contributed by atoms with Gasteiger partial charge in [0, 0.05) is 56.8 Å². The predicted octanol–water partition coefficient (Wildman–Crippen LogP) is 3.94. The summed E-state index contributed by atoms with van der Waals surface area (Å²) in [5.41, 5.74) is 3.38. The number of amides is 1. The van der Waals surface area contributed by atoms with E-state index in [4.69, 9.17) is 4.74 Å². The molecule has 0 radical (unpaired) electrons. The van der Waals surface area contributed by atoms with Crippen molar-refractivity contribution in [3.8, 4) is 0 Å². The van der Waals surface area contributed by atoms with Crippen molar-refractivity contribution >= 4 is 5.91 Å². The lowest BCUT2D eigenvalue weighted by Gasteiger charge is -2.37. The molecule has 2 aliphatic heterocycles. The summed E-state index contributed by atoms with van der Waals surface area (Å²) in [4.78, 5) is 20.1. The minimum atomic E-state index is 0.0114. The van der Waals surface area contributed by atoms with Gasteiger partial charge in [0.2, 0.25) is 0 Å². The van der Waals surface area contributed by atoms with Gasteiger partial charge < -0.3 is 19.6 Å². The highest BCUT2D eigenvalue weighted by Gasteiger charge is 2.35. The number of hydrogen-bond donors (Lipinski definition) is 1. The Morgan fingerprint density at radius 1 is 1.19 bits per heavy atom. The van der Waals surface area contributed by atoms with Gasteiger partial charge in [-0.25, -0.2) is 0 Å². The SMILES string of the molecule is COC1=C(O)C=CC(CCC(C)(C)N2Cc3cccc(C(=O)N4CCN(C)CC4)c3C2)C1. The summed E-state index contributed by atoms with van der Waals surface area (Å²) in [5.74, 6) is 1.48. The molecule has 0 aromatic heterocycles. The van der Waals surface area contributed by atoms with Crippen LogP contribution in [0.5, 0.6) is 0 Å². The second kappa shape index (κ2) is 9.28. The molecule has 1 N–H and O–H groups in total. The summed E-state index contributed by atoms with van der Waals surface area (Å²) in [6.07, 6.45) is 6.68. The van der Waals surface area contributed by atoms with Crippen molar-refractivity contribution in [3.63, 3.8) is 0 Å². The number of aliphatic hydroxyl groups excluding tert-OH is 1. The molecule has 1 fully saturated rings. The van der Waals surface area contributed by atoms with Crippen LogP contribution in [0.4, 0.5) is 0 Å². The first-order valence-corrected chi connectivity index (χ1v) is 11.8.